The average Bonchev–Trinajstić information content (AvgIpc) is 2.79. The second kappa shape index (κ2) is 14.2. The lowest BCUT2D eigenvalue weighted by atomic mass is 9.69. The summed E-state index contributed by atoms with van der Waals surface area (Å²) in [5, 5.41) is 7.58. The molecule has 3 unspecified atom stereocenters. The Bertz CT molecular complexity index is 692. The van der Waals surface area contributed by atoms with Gasteiger partial charge < -0.3 is 15.5 Å². The molecule has 0 aromatic rings. The van der Waals surface area contributed by atoms with E-state index in [1.807, 2.05) is 6.08 Å². The highest BCUT2D eigenvalue weighted by atomic mass is 15.2. The number of hydrogen-bond donors (Lipinski definition) is 2. The number of rotatable bonds is 16. The highest BCUT2D eigenvalue weighted by Gasteiger charge is 2.39. The van der Waals surface area contributed by atoms with E-state index in [9.17, 15) is 0 Å². The van der Waals surface area contributed by atoms with Crippen LogP contribution in [0.2, 0.25) is 0 Å². The van der Waals surface area contributed by atoms with E-state index < -0.39 is 0 Å². The van der Waals surface area contributed by atoms with Crippen LogP contribution in [0.3, 0.4) is 0 Å². The SMILES string of the molecule is C=CCCC(NC(=C)NC(C(=C)N(C)CC[C@H](CC)C(C)C(=C)C)C1(C)CCCCC1)C(C)(C)C. The molecule has 3 heteroatoms. The largest absolute Gasteiger partial charge is 0.377 e. The zero-order valence-corrected chi connectivity index (χ0v) is 24.7. The van der Waals surface area contributed by atoms with Gasteiger partial charge in [0.1, 0.15) is 0 Å². The van der Waals surface area contributed by atoms with Gasteiger partial charge in [0.2, 0.25) is 0 Å². The molecule has 3 nitrogen and oxygen atoms in total. The fourth-order valence-electron chi connectivity index (χ4n) is 5.67. The molecule has 0 spiro atoms. The molecule has 0 aliphatic heterocycles. The van der Waals surface area contributed by atoms with E-state index >= 15 is 0 Å². The Morgan fingerprint density at radius 2 is 1.66 bits per heavy atom. The third-order valence-corrected chi connectivity index (χ3v) is 8.73. The molecule has 1 fully saturated rings. The van der Waals surface area contributed by atoms with Gasteiger partial charge in [-0.25, -0.2) is 0 Å². The molecule has 1 saturated carbocycles. The average molecular weight is 486 g/mol. The minimum atomic E-state index is 0.140. The summed E-state index contributed by atoms with van der Waals surface area (Å²) in [7, 11) is 2.22. The van der Waals surface area contributed by atoms with Gasteiger partial charge in [0, 0.05) is 25.3 Å². The third kappa shape index (κ3) is 9.73. The van der Waals surface area contributed by atoms with Crippen molar-refractivity contribution in [2.24, 2.45) is 22.7 Å². The monoisotopic (exact) mass is 485 g/mol. The molecule has 0 amide bonds. The van der Waals surface area contributed by atoms with Crippen molar-refractivity contribution in [1.29, 1.82) is 0 Å². The summed E-state index contributed by atoms with van der Waals surface area (Å²) in [6.45, 7) is 34.4. The molecule has 0 aromatic carbocycles. The first-order chi connectivity index (χ1) is 16.3. The topological polar surface area (TPSA) is 27.3 Å². The molecular formula is C32H59N3. The molecule has 0 bridgehead atoms. The Morgan fingerprint density at radius 3 is 2.14 bits per heavy atom. The van der Waals surface area contributed by atoms with Crippen molar-refractivity contribution >= 4 is 0 Å². The molecule has 0 heterocycles. The number of nitrogens with one attached hydrogen (secondary N) is 2. The maximum absolute atomic E-state index is 4.65. The third-order valence-electron chi connectivity index (χ3n) is 8.73. The van der Waals surface area contributed by atoms with E-state index in [1.165, 1.54) is 49.8 Å². The predicted molar refractivity (Wildman–Crippen MR) is 157 cm³/mol. The summed E-state index contributed by atoms with van der Waals surface area (Å²) < 4.78 is 0. The lowest BCUT2D eigenvalue weighted by Crippen LogP contribution is -2.52. The molecule has 202 valence electrons. The van der Waals surface area contributed by atoms with Gasteiger partial charge in [-0.1, -0.05) is 98.6 Å². The number of nitrogens with zero attached hydrogens (tertiary/aromatic N) is 1. The Balaban J connectivity index is 3.01. The molecule has 1 aliphatic carbocycles. The summed E-state index contributed by atoms with van der Waals surface area (Å²) in [6.07, 6.45) is 12.8. The van der Waals surface area contributed by atoms with Gasteiger partial charge in [0.15, 0.2) is 0 Å². The van der Waals surface area contributed by atoms with Gasteiger partial charge in [0.05, 0.1) is 11.9 Å². The summed E-state index contributed by atoms with van der Waals surface area (Å²) >= 11 is 0. The minimum absolute atomic E-state index is 0.140. The van der Waals surface area contributed by atoms with Gasteiger partial charge in [-0.3, -0.25) is 0 Å². The quantitative estimate of drug-likeness (QED) is 0.215. The smallest absolute Gasteiger partial charge is 0.0920 e. The van der Waals surface area contributed by atoms with E-state index in [1.54, 1.807) is 0 Å². The summed E-state index contributed by atoms with van der Waals surface area (Å²) in [5.41, 5.74) is 2.80. The van der Waals surface area contributed by atoms with Crippen LogP contribution in [0, 0.1) is 22.7 Å². The van der Waals surface area contributed by atoms with Crippen molar-refractivity contribution in [3.05, 3.63) is 49.5 Å². The molecule has 2 N–H and O–H groups in total. The molecule has 1 aliphatic rings. The number of likely N-dealkylation sites (N-methyl/N-ethyl adjacent to an activating group) is 1. The first kappa shape index (κ1) is 31.4. The van der Waals surface area contributed by atoms with Gasteiger partial charge in [0.25, 0.3) is 0 Å². The highest BCUT2D eigenvalue weighted by Crippen LogP contribution is 2.42. The van der Waals surface area contributed by atoms with Crippen molar-refractivity contribution in [2.75, 3.05) is 13.6 Å². The Kier molecular flexibility index (Phi) is 12.7. The molecule has 0 aromatic heterocycles. The lowest BCUT2D eigenvalue weighted by Gasteiger charge is -2.45. The van der Waals surface area contributed by atoms with Gasteiger partial charge >= 0.3 is 0 Å². The molecule has 0 radical (unpaired) electrons. The van der Waals surface area contributed by atoms with Crippen LogP contribution in [0.25, 0.3) is 0 Å². The van der Waals surface area contributed by atoms with Crippen molar-refractivity contribution in [2.45, 2.75) is 118 Å². The molecule has 4 atom stereocenters. The summed E-state index contributed by atoms with van der Waals surface area (Å²) in [5.74, 6) is 2.14. The van der Waals surface area contributed by atoms with Gasteiger partial charge in [-0.05, 0) is 61.7 Å². The van der Waals surface area contributed by atoms with E-state index in [0.717, 1.165) is 31.6 Å². The van der Waals surface area contributed by atoms with Crippen molar-refractivity contribution < 1.29 is 0 Å². The minimum Gasteiger partial charge on any atom is -0.377 e. The lowest BCUT2D eigenvalue weighted by molar-refractivity contribution is 0.145. The second-order valence-electron chi connectivity index (χ2n) is 12.7. The summed E-state index contributed by atoms with van der Waals surface area (Å²) in [6, 6.07) is 0.506. The predicted octanol–water partition coefficient (Wildman–Crippen LogP) is 8.43. The maximum Gasteiger partial charge on any atom is 0.0920 e. The van der Waals surface area contributed by atoms with Crippen LogP contribution in [-0.2, 0) is 0 Å². The highest BCUT2D eigenvalue weighted by molar-refractivity contribution is 5.15. The second-order valence-corrected chi connectivity index (χ2v) is 12.7. The van der Waals surface area contributed by atoms with E-state index in [0.29, 0.717) is 17.9 Å². The maximum atomic E-state index is 4.65. The van der Waals surface area contributed by atoms with E-state index in [-0.39, 0.29) is 16.9 Å². The van der Waals surface area contributed by atoms with E-state index in [2.05, 4.69) is 97.4 Å². The van der Waals surface area contributed by atoms with E-state index in [4.69, 9.17) is 0 Å². The van der Waals surface area contributed by atoms with Crippen LogP contribution in [0.4, 0.5) is 0 Å². The first-order valence-electron chi connectivity index (χ1n) is 14.1. The Hall–Kier alpha value is -1.64. The van der Waals surface area contributed by atoms with Crippen molar-refractivity contribution in [3.8, 4) is 0 Å². The standard InChI is InChI=1S/C32H59N3/c1-13-15-19-29(31(8,9)10)33-27(7)34-30(32(11)21-17-16-18-22-32)26(6)35(12)23-20-28(14-2)25(5)24(3)4/h13,25,28-30,33-34H,1,3,6-7,14-23H2,2,4-5,8-12H3/t25?,28-,29?,30?/m0/s1. The van der Waals surface area contributed by atoms with Crippen LogP contribution in [0.15, 0.2) is 49.5 Å². The molecule has 35 heavy (non-hydrogen) atoms. The first-order valence-corrected chi connectivity index (χ1v) is 14.1. The fraction of sp³-hybridized carbons (Fsp3) is 0.750. The Morgan fingerprint density at radius 1 is 1.06 bits per heavy atom. The van der Waals surface area contributed by atoms with Crippen LogP contribution in [-0.4, -0.2) is 30.6 Å². The van der Waals surface area contributed by atoms with Gasteiger partial charge in [-0.2, -0.15) is 0 Å². The molecule has 0 saturated heterocycles. The van der Waals surface area contributed by atoms with Crippen molar-refractivity contribution in [1.82, 2.24) is 15.5 Å². The molecule has 1 rings (SSSR count). The van der Waals surface area contributed by atoms with Crippen LogP contribution in [0.5, 0.6) is 0 Å². The zero-order chi connectivity index (χ0) is 26.8. The van der Waals surface area contributed by atoms with Crippen LogP contribution < -0.4 is 10.6 Å². The van der Waals surface area contributed by atoms with Crippen molar-refractivity contribution in [3.63, 3.8) is 0 Å². The Labute approximate surface area is 219 Å². The molecular weight excluding hydrogens is 426 g/mol. The van der Waals surface area contributed by atoms with Crippen LogP contribution >= 0.6 is 0 Å². The van der Waals surface area contributed by atoms with Gasteiger partial charge in [-0.15, -0.1) is 6.58 Å². The number of hydrogen-bond acceptors (Lipinski definition) is 3. The fourth-order valence-corrected chi connectivity index (χ4v) is 5.67. The van der Waals surface area contributed by atoms with Crippen LogP contribution in [0.1, 0.15) is 106 Å². The number of allylic oxidation sites excluding steroid dienone is 2. The summed E-state index contributed by atoms with van der Waals surface area (Å²) in [4.78, 5) is 2.40. The normalized spacial score (nSPS) is 19.1. The zero-order valence-electron chi connectivity index (χ0n) is 24.7.